The van der Waals surface area contributed by atoms with Crippen LogP contribution in [0.15, 0.2) is 48.8 Å². The van der Waals surface area contributed by atoms with Gasteiger partial charge >= 0.3 is 5.97 Å². The van der Waals surface area contributed by atoms with Crippen molar-refractivity contribution in [2.24, 2.45) is 0 Å². The van der Waals surface area contributed by atoms with Crippen molar-refractivity contribution in [1.82, 2.24) is 14.8 Å². The molecule has 1 aromatic carbocycles. The van der Waals surface area contributed by atoms with E-state index in [1.807, 2.05) is 12.1 Å². The highest BCUT2D eigenvalue weighted by molar-refractivity contribution is 6.30. The Morgan fingerprint density at radius 3 is 2.87 bits per heavy atom. The zero-order valence-corrected chi connectivity index (χ0v) is 13.1. The van der Waals surface area contributed by atoms with Crippen LogP contribution < -0.4 is 0 Å². The van der Waals surface area contributed by atoms with Gasteiger partial charge in [0, 0.05) is 5.02 Å². The molecule has 0 bridgehead atoms. The topological polar surface area (TPSA) is 66.2 Å². The molecule has 1 atom stereocenters. The third kappa shape index (κ3) is 4.10. The summed E-state index contributed by atoms with van der Waals surface area (Å²) in [5.41, 5.74) is 1.39. The Bertz CT molecular complexity index is 683. The molecule has 2 heterocycles. The predicted octanol–water partition coefficient (Wildman–Crippen LogP) is 2.91. The Balaban J connectivity index is 1.78. The first kappa shape index (κ1) is 15.6. The Morgan fingerprint density at radius 1 is 1.39 bits per heavy atom. The number of hydrogen-bond acceptors (Lipinski definition) is 5. The lowest BCUT2D eigenvalue weighted by Gasteiger charge is -2.20. The molecule has 7 heteroatoms. The van der Waals surface area contributed by atoms with Gasteiger partial charge in [-0.15, -0.1) is 0 Å². The lowest BCUT2D eigenvalue weighted by molar-refractivity contribution is -0.146. The minimum atomic E-state index is -0.482. The molecule has 6 nitrogen and oxygen atoms in total. The molecule has 0 aliphatic carbocycles. The number of carbonyl (C=O) groups excluding carboxylic acids is 1. The fraction of sp³-hybridized carbons (Fsp3) is 0.312. The summed E-state index contributed by atoms with van der Waals surface area (Å²) in [4.78, 5) is 16.2. The number of ether oxygens (including phenoxy) is 2. The molecular weight excluding hydrogens is 318 g/mol. The molecule has 0 fully saturated rings. The molecule has 0 N–H and O–H groups in total. The summed E-state index contributed by atoms with van der Waals surface area (Å²) in [6, 6.07) is 7.20. The Labute approximate surface area is 138 Å². The first-order valence-electron chi connectivity index (χ1n) is 7.32. The van der Waals surface area contributed by atoms with Gasteiger partial charge in [-0.2, -0.15) is 5.10 Å². The minimum Gasteiger partial charge on any atom is -0.501 e. The smallest absolute Gasteiger partial charge is 0.337 e. The first-order valence-corrected chi connectivity index (χ1v) is 7.69. The summed E-state index contributed by atoms with van der Waals surface area (Å²) in [7, 11) is 0. The van der Waals surface area contributed by atoms with E-state index in [2.05, 4.69) is 10.1 Å². The number of hydrogen-bond donors (Lipinski definition) is 0. The summed E-state index contributed by atoms with van der Waals surface area (Å²) < 4.78 is 12.5. The molecule has 120 valence electrons. The van der Waals surface area contributed by atoms with Crippen LogP contribution in [0.5, 0.6) is 0 Å². The molecule has 3 rings (SSSR count). The number of esters is 1. The zero-order chi connectivity index (χ0) is 16.1. The molecule has 0 spiro atoms. The van der Waals surface area contributed by atoms with Gasteiger partial charge in [0.25, 0.3) is 0 Å². The van der Waals surface area contributed by atoms with E-state index < -0.39 is 6.10 Å². The van der Waals surface area contributed by atoms with E-state index >= 15 is 0 Å². The fourth-order valence-electron chi connectivity index (χ4n) is 2.30. The molecule has 1 aliphatic heterocycles. The second kappa shape index (κ2) is 7.28. The van der Waals surface area contributed by atoms with Gasteiger partial charge in [0.2, 0.25) is 0 Å². The Kier molecular flexibility index (Phi) is 4.92. The number of carbonyl (C=O) groups is 1. The van der Waals surface area contributed by atoms with E-state index in [1.54, 1.807) is 23.1 Å². The van der Waals surface area contributed by atoms with Crippen molar-refractivity contribution in [3.63, 3.8) is 0 Å². The van der Waals surface area contributed by atoms with Crippen molar-refractivity contribution in [2.45, 2.75) is 25.5 Å². The van der Waals surface area contributed by atoms with Crippen molar-refractivity contribution in [1.29, 1.82) is 0 Å². The van der Waals surface area contributed by atoms with E-state index in [-0.39, 0.29) is 5.97 Å². The van der Waals surface area contributed by atoms with Crippen LogP contribution in [0.2, 0.25) is 5.02 Å². The highest BCUT2D eigenvalue weighted by atomic mass is 35.5. The maximum absolute atomic E-state index is 12.3. The maximum atomic E-state index is 12.3. The predicted molar refractivity (Wildman–Crippen MR) is 83.6 cm³/mol. The van der Waals surface area contributed by atoms with Gasteiger partial charge in [-0.1, -0.05) is 23.7 Å². The van der Waals surface area contributed by atoms with Crippen molar-refractivity contribution in [3.05, 3.63) is 59.3 Å². The lowest BCUT2D eigenvalue weighted by atomic mass is 10.1. The second-order valence-corrected chi connectivity index (χ2v) is 5.62. The molecule has 1 aromatic heterocycles. The summed E-state index contributed by atoms with van der Waals surface area (Å²) in [6.45, 7) is 1.01. The Morgan fingerprint density at radius 2 is 2.22 bits per heavy atom. The van der Waals surface area contributed by atoms with Gasteiger partial charge in [0.1, 0.15) is 18.8 Å². The lowest BCUT2D eigenvalue weighted by Crippen LogP contribution is -2.20. The highest BCUT2D eigenvalue weighted by Gasteiger charge is 2.22. The van der Waals surface area contributed by atoms with E-state index in [9.17, 15) is 4.79 Å². The van der Waals surface area contributed by atoms with E-state index in [0.29, 0.717) is 30.2 Å². The minimum absolute atomic E-state index is 0.371. The molecule has 0 amide bonds. The molecule has 0 saturated heterocycles. The van der Waals surface area contributed by atoms with Gasteiger partial charge in [-0.25, -0.2) is 14.5 Å². The van der Waals surface area contributed by atoms with Gasteiger partial charge in [-0.3, -0.25) is 0 Å². The standard InChI is InChI=1S/C16H16ClN3O3/c17-14-5-3-12(4-6-14)15(8-20-11-18-10-19-20)23-16(21)13-2-1-7-22-9-13/h3-6,9-11,15H,1-2,7-8H2/t15-/m0/s1. The molecule has 0 unspecified atom stereocenters. The van der Waals surface area contributed by atoms with Crippen molar-refractivity contribution < 1.29 is 14.3 Å². The van der Waals surface area contributed by atoms with Gasteiger partial charge < -0.3 is 9.47 Å². The summed E-state index contributed by atoms with van der Waals surface area (Å²) in [5.74, 6) is -0.371. The molecular formula is C16H16ClN3O3. The Hall–Kier alpha value is -2.34. The average molecular weight is 334 g/mol. The van der Waals surface area contributed by atoms with Crippen molar-refractivity contribution in [2.75, 3.05) is 6.61 Å². The first-order chi connectivity index (χ1) is 11.2. The van der Waals surface area contributed by atoms with Crippen LogP contribution in [-0.2, 0) is 20.8 Å². The summed E-state index contributed by atoms with van der Waals surface area (Å²) >= 11 is 5.93. The van der Waals surface area contributed by atoms with Gasteiger partial charge in [0.05, 0.1) is 25.0 Å². The van der Waals surface area contributed by atoms with Crippen LogP contribution in [-0.4, -0.2) is 27.3 Å². The van der Waals surface area contributed by atoms with E-state index in [0.717, 1.165) is 12.0 Å². The summed E-state index contributed by atoms with van der Waals surface area (Å²) in [6.07, 6.45) is 5.51. The van der Waals surface area contributed by atoms with Crippen LogP contribution in [0.25, 0.3) is 0 Å². The third-order valence-corrected chi connectivity index (χ3v) is 3.76. The number of halogens is 1. The van der Waals surface area contributed by atoms with Crippen LogP contribution in [0.1, 0.15) is 24.5 Å². The fourth-order valence-corrected chi connectivity index (χ4v) is 2.43. The molecule has 2 aromatic rings. The maximum Gasteiger partial charge on any atom is 0.337 e. The van der Waals surface area contributed by atoms with Crippen LogP contribution in [0.3, 0.4) is 0 Å². The number of aromatic nitrogens is 3. The zero-order valence-electron chi connectivity index (χ0n) is 12.4. The SMILES string of the molecule is O=C(O[C@@H](Cn1cncn1)c1ccc(Cl)cc1)C1=COCCC1. The van der Waals surface area contributed by atoms with E-state index in [4.69, 9.17) is 21.1 Å². The van der Waals surface area contributed by atoms with Crippen LogP contribution >= 0.6 is 11.6 Å². The molecule has 23 heavy (non-hydrogen) atoms. The normalized spacial score (nSPS) is 15.4. The number of benzene rings is 1. The molecule has 1 aliphatic rings. The summed E-state index contributed by atoms with van der Waals surface area (Å²) in [5, 5.41) is 4.70. The monoisotopic (exact) mass is 333 g/mol. The van der Waals surface area contributed by atoms with Gasteiger partial charge in [-0.05, 0) is 30.5 Å². The second-order valence-electron chi connectivity index (χ2n) is 5.18. The average Bonchev–Trinajstić information content (AvgIpc) is 3.09. The molecule has 0 radical (unpaired) electrons. The molecule has 0 saturated carbocycles. The van der Waals surface area contributed by atoms with Crippen LogP contribution in [0.4, 0.5) is 0 Å². The van der Waals surface area contributed by atoms with Crippen molar-refractivity contribution in [3.8, 4) is 0 Å². The largest absolute Gasteiger partial charge is 0.501 e. The number of nitrogens with zero attached hydrogens (tertiary/aromatic N) is 3. The van der Waals surface area contributed by atoms with Crippen molar-refractivity contribution >= 4 is 17.6 Å². The van der Waals surface area contributed by atoms with Gasteiger partial charge in [0.15, 0.2) is 0 Å². The number of rotatable bonds is 5. The quantitative estimate of drug-likeness (QED) is 0.787. The highest BCUT2D eigenvalue weighted by Crippen LogP contribution is 2.24. The third-order valence-electron chi connectivity index (χ3n) is 3.51. The van der Waals surface area contributed by atoms with E-state index in [1.165, 1.54) is 12.6 Å². The van der Waals surface area contributed by atoms with Crippen LogP contribution in [0, 0.1) is 0 Å².